The number of ketones is 1. The number of anilines is 1. The van der Waals surface area contributed by atoms with Crippen LogP contribution in [-0.4, -0.2) is 5.78 Å². The SMILES string of the molecule is Nc1ccc(C(=O)C2CC3CCC2C3)cc1Br. The van der Waals surface area contributed by atoms with Gasteiger partial charge in [-0.1, -0.05) is 6.42 Å². The summed E-state index contributed by atoms with van der Waals surface area (Å²) < 4.78 is 0.825. The Morgan fingerprint density at radius 1 is 1.29 bits per heavy atom. The highest BCUT2D eigenvalue weighted by Gasteiger charge is 2.43. The van der Waals surface area contributed by atoms with Gasteiger partial charge in [0.25, 0.3) is 0 Å². The maximum absolute atomic E-state index is 12.4. The number of hydrogen-bond acceptors (Lipinski definition) is 2. The standard InChI is InChI=1S/C14H16BrNO/c15-12-7-10(3-4-13(12)16)14(17)11-6-8-1-2-9(11)5-8/h3-4,7-9,11H,1-2,5-6,16H2. The summed E-state index contributed by atoms with van der Waals surface area (Å²) in [6.45, 7) is 0. The molecule has 0 heterocycles. The van der Waals surface area contributed by atoms with Gasteiger partial charge in [-0.15, -0.1) is 0 Å². The number of fused-ring (bicyclic) bond motifs is 2. The molecule has 2 saturated carbocycles. The molecule has 2 nitrogen and oxygen atoms in total. The number of rotatable bonds is 2. The van der Waals surface area contributed by atoms with Gasteiger partial charge in [-0.05, 0) is 65.2 Å². The fourth-order valence-electron chi connectivity index (χ4n) is 3.46. The molecule has 0 amide bonds. The van der Waals surface area contributed by atoms with Crippen LogP contribution in [0.3, 0.4) is 0 Å². The summed E-state index contributed by atoms with van der Waals surface area (Å²) in [5.41, 5.74) is 7.24. The Morgan fingerprint density at radius 3 is 2.71 bits per heavy atom. The van der Waals surface area contributed by atoms with Crippen LogP contribution >= 0.6 is 15.9 Å². The van der Waals surface area contributed by atoms with E-state index in [-0.39, 0.29) is 5.92 Å². The van der Waals surface area contributed by atoms with E-state index in [0.717, 1.165) is 22.4 Å². The van der Waals surface area contributed by atoms with Crippen molar-refractivity contribution < 1.29 is 4.79 Å². The van der Waals surface area contributed by atoms with Crippen molar-refractivity contribution in [3.8, 4) is 0 Å². The van der Waals surface area contributed by atoms with Gasteiger partial charge in [-0.2, -0.15) is 0 Å². The molecule has 2 aliphatic carbocycles. The molecule has 0 radical (unpaired) electrons. The van der Waals surface area contributed by atoms with Gasteiger partial charge in [0, 0.05) is 21.6 Å². The summed E-state index contributed by atoms with van der Waals surface area (Å²) in [5.74, 6) is 2.04. The van der Waals surface area contributed by atoms with Crippen molar-refractivity contribution in [1.29, 1.82) is 0 Å². The molecular weight excluding hydrogens is 278 g/mol. The summed E-state index contributed by atoms with van der Waals surface area (Å²) >= 11 is 3.39. The lowest BCUT2D eigenvalue weighted by molar-refractivity contribution is 0.0874. The number of carbonyl (C=O) groups excluding carboxylic acids is 1. The first kappa shape index (κ1) is 11.3. The number of hydrogen-bond donors (Lipinski definition) is 1. The number of halogens is 1. The minimum atomic E-state index is 0.268. The Morgan fingerprint density at radius 2 is 2.12 bits per heavy atom. The van der Waals surface area contributed by atoms with Gasteiger partial charge >= 0.3 is 0 Å². The van der Waals surface area contributed by atoms with Crippen LogP contribution in [0, 0.1) is 17.8 Å². The molecule has 0 aliphatic heterocycles. The Balaban J connectivity index is 1.84. The molecule has 17 heavy (non-hydrogen) atoms. The van der Waals surface area contributed by atoms with Crippen LogP contribution in [0.5, 0.6) is 0 Å². The largest absolute Gasteiger partial charge is 0.398 e. The van der Waals surface area contributed by atoms with Crippen molar-refractivity contribution in [3.63, 3.8) is 0 Å². The molecule has 3 heteroatoms. The molecule has 3 rings (SSSR count). The lowest BCUT2D eigenvalue weighted by Gasteiger charge is -2.20. The number of carbonyl (C=O) groups is 1. The monoisotopic (exact) mass is 293 g/mol. The highest BCUT2D eigenvalue weighted by molar-refractivity contribution is 9.10. The molecule has 0 spiro atoms. The quantitative estimate of drug-likeness (QED) is 0.668. The highest BCUT2D eigenvalue weighted by atomic mass is 79.9. The zero-order valence-corrected chi connectivity index (χ0v) is 11.2. The van der Waals surface area contributed by atoms with E-state index in [9.17, 15) is 4.79 Å². The first-order valence-corrected chi connectivity index (χ1v) is 7.03. The molecule has 0 aromatic heterocycles. The Kier molecular flexibility index (Phi) is 2.74. The average Bonchev–Trinajstić information content (AvgIpc) is 2.93. The lowest BCUT2D eigenvalue weighted by atomic mass is 9.83. The Hall–Kier alpha value is -0.830. The summed E-state index contributed by atoms with van der Waals surface area (Å²) in [6, 6.07) is 5.53. The molecule has 90 valence electrons. The van der Waals surface area contributed by atoms with E-state index in [0.29, 0.717) is 17.4 Å². The van der Waals surface area contributed by atoms with Crippen LogP contribution in [0.15, 0.2) is 22.7 Å². The van der Waals surface area contributed by atoms with Crippen LogP contribution in [0.2, 0.25) is 0 Å². The van der Waals surface area contributed by atoms with E-state index in [1.807, 2.05) is 18.2 Å². The van der Waals surface area contributed by atoms with Gasteiger partial charge in [-0.25, -0.2) is 0 Å². The highest BCUT2D eigenvalue weighted by Crippen LogP contribution is 2.49. The van der Waals surface area contributed by atoms with E-state index in [2.05, 4.69) is 15.9 Å². The van der Waals surface area contributed by atoms with Gasteiger partial charge in [0.1, 0.15) is 0 Å². The third kappa shape index (κ3) is 1.90. The third-order valence-corrected chi connectivity index (χ3v) is 5.05. The second-order valence-corrected chi connectivity index (χ2v) is 6.24. The zero-order valence-electron chi connectivity index (χ0n) is 9.66. The molecule has 1 aromatic carbocycles. The topological polar surface area (TPSA) is 43.1 Å². The second kappa shape index (κ2) is 4.13. The van der Waals surface area contributed by atoms with Crippen LogP contribution in [0.1, 0.15) is 36.0 Å². The molecule has 0 saturated heterocycles. The zero-order chi connectivity index (χ0) is 12.0. The number of nitrogens with two attached hydrogens (primary N) is 1. The van der Waals surface area contributed by atoms with Crippen LogP contribution in [-0.2, 0) is 0 Å². The van der Waals surface area contributed by atoms with E-state index in [1.54, 1.807) is 0 Å². The molecule has 1 aromatic rings. The lowest BCUT2D eigenvalue weighted by Crippen LogP contribution is -2.21. The second-order valence-electron chi connectivity index (χ2n) is 5.38. The summed E-state index contributed by atoms with van der Waals surface area (Å²) in [5, 5.41) is 0. The fourth-order valence-corrected chi connectivity index (χ4v) is 3.84. The minimum Gasteiger partial charge on any atom is -0.398 e. The first-order valence-electron chi connectivity index (χ1n) is 6.24. The Bertz CT molecular complexity index is 471. The molecule has 2 N–H and O–H groups in total. The first-order chi connectivity index (χ1) is 8.15. The van der Waals surface area contributed by atoms with Gasteiger partial charge in [-0.3, -0.25) is 4.79 Å². The number of Topliss-reactive ketones (excluding diaryl/α,β-unsaturated/α-hetero) is 1. The fraction of sp³-hybridized carbons (Fsp3) is 0.500. The van der Waals surface area contributed by atoms with E-state index in [1.165, 1.54) is 19.3 Å². The van der Waals surface area contributed by atoms with Crippen LogP contribution in [0.25, 0.3) is 0 Å². The molecule has 2 aliphatic rings. The normalized spacial score (nSPS) is 30.8. The van der Waals surface area contributed by atoms with Crippen LogP contribution < -0.4 is 5.73 Å². The van der Waals surface area contributed by atoms with E-state index in [4.69, 9.17) is 5.73 Å². The predicted molar refractivity (Wildman–Crippen MR) is 71.8 cm³/mol. The summed E-state index contributed by atoms with van der Waals surface area (Å²) in [7, 11) is 0. The van der Waals surface area contributed by atoms with Crippen molar-refractivity contribution >= 4 is 27.4 Å². The van der Waals surface area contributed by atoms with Gasteiger partial charge < -0.3 is 5.73 Å². The third-order valence-electron chi connectivity index (χ3n) is 4.36. The van der Waals surface area contributed by atoms with Gasteiger partial charge in [0.05, 0.1) is 0 Å². The van der Waals surface area contributed by atoms with E-state index >= 15 is 0 Å². The Labute approximate surface area is 110 Å². The summed E-state index contributed by atoms with van der Waals surface area (Å²) in [6.07, 6.45) is 4.95. The molecular formula is C14H16BrNO. The maximum atomic E-state index is 12.4. The number of benzene rings is 1. The van der Waals surface area contributed by atoms with Crippen molar-refractivity contribution in [3.05, 3.63) is 28.2 Å². The van der Waals surface area contributed by atoms with Crippen molar-refractivity contribution in [1.82, 2.24) is 0 Å². The van der Waals surface area contributed by atoms with Crippen molar-refractivity contribution in [2.75, 3.05) is 5.73 Å². The average molecular weight is 294 g/mol. The van der Waals surface area contributed by atoms with Gasteiger partial charge in [0.15, 0.2) is 5.78 Å². The molecule has 3 atom stereocenters. The smallest absolute Gasteiger partial charge is 0.166 e. The molecule has 2 bridgehead atoms. The van der Waals surface area contributed by atoms with Gasteiger partial charge in [0.2, 0.25) is 0 Å². The molecule has 2 fully saturated rings. The molecule has 3 unspecified atom stereocenters. The number of nitrogen functional groups attached to an aromatic ring is 1. The minimum absolute atomic E-state index is 0.268. The summed E-state index contributed by atoms with van der Waals surface area (Å²) in [4.78, 5) is 12.4. The van der Waals surface area contributed by atoms with Crippen LogP contribution in [0.4, 0.5) is 5.69 Å². The predicted octanol–water partition coefficient (Wildman–Crippen LogP) is 3.65. The van der Waals surface area contributed by atoms with Crippen molar-refractivity contribution in [2.24, 2.45) is 17.8 Å². The van der Waals surface area contributed by atoms with Crippen molar-refractivity contribution in [2.45, 2.75) is 25.7 Å². The maximum Gasteiger partial charge on any atom is 0.166 e. The van der Waals surface area contributed by atoms with E-state index < -0.39 is 0 Å².